The predicted molar refractivity (Wildman–Crippen MR) is 57.1 cm³/mol. The lowest BCUT2D eigenvalue weighted by Gasteiger charge is -2.38. The van der Waals surface area contributed by atoms with Crippen LogP contribution in [0.25, 0.3) is 0 Å². The van der Waals surface area contributed by atoms with E-state index in [0.29, 0.717) is 6.42 Å². The van der Waals surface area contributed by atoms with Gasteiger partial charge in [0.05, 0.1) is 5.60 Å². The summed E-state index contributed by atoms with van der Waals surface area (Å²) in [4.78, 5) is 0. The molecule has 1 aliphatic carbocycles. The second-order valence-corrected chi connectivity index (χ2v) is 4.21. The minimum atomic E-state index is -0.700. The van der Waals surface area contributed by atoms with E-state index >= 15 is 0 Å². The monoisotopic (exact) mass is 191 g/mol. The molecule has 2 atom stereocenters. The van der Waals surface area contributed by atoms with Gasteiger partial charge in [0.25, 0.3) is 0 Å². The Bertz CT molecular complexity index is 337. The van der Waals surface area contributed by atoms with Crippen molar-refractivity contribution in [2.75, 3.05) is 0 Å². The highest BCUT2D eigenvalue weighted by molar-refractivity contribution is 5.33. The predicted octanol–water partition coefficient (Wildman–Crippen LogP) is 1.25. The summed E-state index contributed by atoms with van der Waals surface area (Å²) in [7, 11) is 0. The van der Waals surface area contributed by atoms with Crippen LogP contribution in [0, 0.1) is 0 Å². The molecule has 0 saturated heterocycles. The molecule has 0 fully saturated rings. The summed E-state index contributed by atoms with van der Waals surface area (Å²) in [6.07, 6.45) is 2.21. The first-order chi connectivity index (χ1) is 6.65. The quantitative estimate of drug-likeness (QED) is 0.702. The van der Waals surface area contributed by atoms with Crippen LogP contribution in [0.5, 0.6) is 0 Å². The van der Waals surface area contributed by atoms with E-state index < -0.39 is 5.60 Å². The van der Waals surface area contributed by atoms with Crippen LogP contribution in [0.4, 0.5) is 0 Å². The largest absolute Gasteiger partial charge is 0.388 e. The van der Waals surface area contributed by atoms with E-state index in [1.807, 2.05) is 19.1 Å². The zero-order chi connectivity index (χ0) is 10.2. The fraction of sp³-hybridized carbons (Fsp3) is 0.500. The minimum absolute atomic E-state index is 0.123. The van der Waals surface area contributed by atoms with Gasteiger partial charge >= 0.3 is 0 Å². The Hall–Kier alpha value is -0.860. The smallest absolute Gasteiger partial charge is 0.0838 e. The third-order valence-corrected chi connectivity index (χ3v) is 3.36. The number of hydrogen-bond acceptors (Lipinski definition) is 2. The van der Waals surface area contributed by atoms with Crippen LogP contribution >= 0.6 is 0 Å². The average molecular weight is 191 g/mol. The molecule has 2 heteroatoms. The molecule has 0 aromatic heterocycles. The van der Waals surface area contributed by atoms with Crippen molar-refractivity contribution in [1.82, 2.24) is 0 Å². The van der Waals surface area contributed by atoms with Gasteiger partial charge in [-0.15, -0.1) is 0 Å². The van der Waals surface area contributed by atoms with Crippen molar-refractivity contribution in [3.8, 4) is 0 Å². The number of hydrogen-bond donors (Lipinski definition) is 2. The van der Waals surface area contributed by atoms with E-state index in [2.05, 4.69) is 12.1 Å². The maximum absolute atomic E-state index is 10.3. The second-order valence-electron chi connectivity index (χ2n) is 4.21. The second kappa shape index (κ2) is 3.37. The zero-order valence-corrected chi connectivity index (χ0v) is 8.53. The number of fused-ring (bicyclic) bond motifs is 1. The van der Waals surface area contributed by atoms with Crippen molar-refractivity contribution >= 4 is 0 Å². The molecule has 1 aliphatic rings. The fourth-order valence-electron chi connectivity index (χ4n) is 2.20. The highest BCUT2D eigenvalue weighted by atomic mass is 16.3. The average Bonchev–Trinajstić information content (AvgIpc) is 2.20. The molecule has 14 heavy (non-hydrogen) atoms. The van der Waals surface area contributed by atoms with Gasteiger partial charge in [-0.25, -0.2) is 0 Å². The van der Waals surface area contributed by atoms with E-state index in [4.69, 9.17) is 5.73 Å². The van der Waals surface area contributed by atoms with Crippen LogP contribution in [0.2, 0.25) is 0 Å². The minimum Gasteiger partial charge on any atom is -0.388 e. The lowest BCUT2D eigenvalue weighted by Crippen LogP contribution is -2.53. The van der Waals surface area contributed by atoms with Gasteiger partial charge in [0, 0.05) is 12.5 Å². The van der Waals surface area contributed by atoms with Crippen LogP contribution in [0.1, 0.15) is 24.5 Å². The summed E-state index contributed by atoms with van der Waals surface area (Å²) in [5.41, 5.74) is 7.83. The van der Waals surface area contributed by atoms with Gasteiger partial charge < -0.3 is 10.8 Å². The van der Waals surface area contributed by atoms with Gasteiger partial charge in [-0.05, 0) is 24.0 Å². The molecule has 0 heterocycles. The summed E-state index contributed by atoms with van der Waals surface area (Å²) in [5, 5.41) is 10.3. The van der Waals surface area contributed by atoms with Gasteiger partial charge in [-0.3, -0.25) is 0 Å². The van der Waals surface area contributed by atoms with Crippen LogP contribution in [-0.4, -0.2) is 16.7 Å². The van der Waals surface area contributed by atoms with Gasteiger partial charge in [0.1, 0.15) is 0 Å². The lowest BCUT2D eigenvalue weighted by molar-refractivity contribution is 0.00478. The van der Waals surface area contributed by atoms with E-state index in [1.165, 1.54) is 11.1 Å². The van der Waals surface area contributed by atoms with Crippen molar-refractivity contribution in [3.05, 3.63) is 35.4 Å². The normalized spacial score (nSPS) is 31.2. The molecule has 0 amide bonds. The Kier molecular flexibility index (Phi) is 2.33. The molecular weight excluding hydrogens is 174 g/mol. The summed E-state index contributed by atoms with van der Waals surface area (Å²) in [6, 6.07) is 8.11. The molecular formula is C12H17NO. The number of nitrogens with two attached hydrogens (primary N) is 1. The van der Waals surface area contributed by atoms with Gasteiger partial charge in [-0.1, -0.05) is 31.2 Å². The number of aliphatic hydroxyl groups is 1. The van der Waals surface area contributed by atoms with E-state index in [1.54, 1.807) is 0 Å². The molecule has 76 valence electrons. The molecule has 2 nitrogen and oxygen atoms in total. The molecule has 0 radical (unpaired) electrons. The molecule has 0 saturated carbocycles. The Morgan fingerprint density at radius 3 is 2.71 bits per heavy atom. The van der Waals surface area contributed by atoms with Crippen molar-refractivity contribution in [3.63, 3.8) is 0 Å². The first-order valence-electron chi connectivity index (χ1n) is 5.20. The fourth-order valence-corrected chi connectivity index (χ4v) is 2.20. The first-order valence-corrected chi connectivity index (χ1v) is 5.20. The number of rotatable bonds is 1. The van der Waals surface area contributed by atoms with Crippen LogP contribution in [-0.2, 0) is 12.8 Å². The first kappa shape index (κ1) is 9.69. The maximum Gasteiger partial charge on any atom is 0.0838 e. The summed E-state index contributed by atoms with van der Waals surface area (Å²) in [5.74, 6) is 0. The van der Waals surface area contributed by atoms with Crippen LogP contribution < -0.4 is 5.73 Å². The summed E-state index contributed by atoms with van der Waals surface area (Å²) in [6.45, 7) is 1.99. The summed E-state index contributed by atoms with van der Waals surface area (Å²) >= 11 is 0. The lowest BCUT2D eigenvalue weighted by atomic mass is 9.76. The third kappa shape index (κ3) is 1.45. The SMILES string of the molecule is CC[C@@]1(O)Cc2ccccc2C[C@H]1N. The Balaban J connectivity index is 2.36. The van der Waals surface area contributed by atoms with Gasteiger partial charge in [0.2, 0.25) is 0 Å². The molecule has 2 rings (SSSR count). The van der Waals surface area contributed by atoms with Crippen molar-refractivity contribution in [2.24, 2.45) is 5.73 Å². The Morgan fingerprint density at radius 1 is 1.43 bits per heavy atom. The Labute approximate surface area is 84.7 Å². The molecule has 3 N–H and O–H groups in total. The molecule has 0 aliphatic heterocycles. The molecule has 0 unspecified atom stereocenters. The van der Waals surface area contributed by atoms with Crippen molar-refractivity contribution in [1.29, 1.82) is 0 Å². The third-order valence-electron chi connectivity index (χ3n) is 3.36. The van der Waals surface area contributed by atoms with Crippen LogP contribution in [0.15, 0.2) is 24.3 Å². The molecule has 0 spiro atoms. The van der Waals surface area contributed by atoms with E-state index in [-0.39, 0.29) is 6.04 Å². The summed E-state index contributed by atoms with van der Waals surface area (Å²) < 4.78 is 0. The molecule has 1 aromatic rings. The highest BCUT2D eigenvalue weighted by Crippen LogP contribution is 2.29. The maximum atomic E-state index is 10.3. The van der Waals surface area contributed by atoms with Gasteiger partial charge in [0.15, 0.2) is 0 Å². The number of benzene rings is 1. The van der Waals surface area contributed by atoms with Crippen molar-refractivity contribution in [2.45, 2.75) is 37.8 Å². The van der Waals surface area contributed by atoms with Crippen LogP contribution in [0.3, 0.4) is 0 Å². The zero-order valence-electron chi connectivity index (χ0n) is 8.53. The van der Waals surface area contributed by atoms with E-state index in [9.17, 15) is 5.11 Å². The van der Waals surface area contributed by atoms with E-state index in [0.717, 1.165) is 12.8 Å². The molecule has 1 aromatic carbocycles. The topological polar surface area (TPSA) is 46.2 Å². The Morgan fingerprint density at radius 2 is 2.07 bits per heavy atom. The van der Waals surface area contributed by atoms with Gasteiger partial charge in [-0.2, -0.15) is 0 Å². The highest BCUT2D eigenvalue weighted by Gasteiger charge is 2.36. The standard InChI is InChI=1S/C12H17NO/c1-2-12(14)8-10-6-4-3-5-9(10)7-11(12)13/h3-6,11,14H,2,7-8,13H2,1H3/t11-,12-/m1/s1. The molecule has 0 bridgehead atoms. The van der Waals surface area contributed by atoms with Crippen molar-refractivity contribution < 1.29 is 5.11 Å².